The number of likely N-dealkylation sites (tertiary alicyclic amines) is 1. The van der Waals surface area contributed by atoms with Crippen LogP contribution in [0.5, 0.6) is 5.75 Å². The molecule has 3 heterocycles. The van der Waals surface area contributed by atoms with E-state index in [0.29, 0.717) is 44.7 Å². The van der Waals surface area contributed by atoms with Gasteiger partial charge in [-0.05, 0) is 67.3 Å². The fraction of sp³-hybridized carbons (Fsp3) is 0.483. The summed E-state index contributed by atoms with van der Waals surface area (Å²) in [6.07, 6.45) is 4.00. The van der Waals surface area contributed by atoms with Gasteiger partial charge in [0.15, 0.2) is 5.65 Å². The SMILES string of the molecule is C=C(C1CC1)N1CCC(CNC(=O)CCc2nc3cccnc3n2Cc2ccc(OC(C)(F)F)cc2)CC1. The highest BCUT2D eigenvalue weighted by Crippen LogP contribution is 2.38. The average Bonchev–Trinajstić information content (AvgIpc) is 3.69. The highest BCUT2D eigenvalue weighted by Gasteiger charge is 2.30. The third-order valence-corrected chi connectivity index (χ3v) is 7.38. The summed E-state index contributed by atoms with van der Waals surface area (Å²) in [6.45, 7) is 8.19. The van der Waals surface area contributed by atoms with Crippen LogP contribution in [0, 0.1) is 11.8 Å². The average molecular weight is 524 g/mol. The standard InChI is InChI=1S/C29H35F2N5O2/c1-20(23-7-8-23)35-16-13-21(14-17-35)18-33-27(37)12-11-26-34-25-4-3-15-32-28(25)36(26)19-22-5-9-24(10-6-22)38-29(2,30)31/h3-6,9-10,15,21,23H,1,7-8,11-14,16-19H2,2H3,(H,33,37). The maximum absolute atomic E-state index is 13.1. The number of hydrogen-bond donors (Lipinski definition) is 1. The summed E-state index contributed by atoms with van der Waals surface area (Å²) < 4.78 is 32.9. The molecule has 1 aliphatic carbocycles. The molecule has 0 unspecified atom stereocenters. The number of nitrogens with one attached hydrogen (secondary N) is 1. The van der Waals surface area contributed by atoms with Crippen molar-refractivity contribution in [3.63, 3.8) is 0 Å². The molecule has 1 saturated carbocycles. The van der Waals surface area contributed by atoms with Crippen molar-refractivity contribution in [3.05, 3.63) is 66.3 Å². The number of ether oxygens (including phenoxy) is 1. The van der Waals surface area contributed by atoms with Gasteiger partial charge in [0, 0.05) is 51.3 Å². The number of halogens is 2. The normalized spacial score (nSPS) is 16.6. The minimum atomic E-state index is -3.23. The minimum Gasteiger partial charge on any atom is -0.433 e. The monoisotopic (exact) mass is 523 g/mol. The zero-order valence-electron chi connectivity index (χ0n) is 21.8. The molecule has 0 radical (unpaired) electrons. The Morgan fingerprint density at radius 1 is 1.16 bits per heavy atom. The molecule has 7 nitrogen and oxygen atoms in total. The number of imidazole rings is 1. The number of piperidine rings is 1. The number of carbonyl (C=O) groups is 1. The molecule has 38 heavy (non-hydrogen) atoms. The molecular formula is C29H35F2N5O2. The van der Waals surface area contributed by atoms with Gasteiger partial charge >= 0.3 is 6.11 Å². The highest BCUT2D eigenvalue weighted by atomic mass is 19.3. The molecule has 2 aromatic heterocycles. The minimum absolute atomic E-state index is 0.0170. The van der Waals surface area contributed by atoms with Crippen LogP contribution < -0.4 is 10.1 Å². The smallest absolute Gasteiger partial charge is 0.394 e. The Labute approximate surface area is 221 Å². The second kappa shape index (κ2) is 11.1. The molecule has 0 atom stereocenters. The second-order valence-electron chi connectivity index (χ2n) is 10.5. The number of nitrogens with zero attached hydrogens (tertiary/aromatic N) is 4. The van der Waals surface area contributed by atoms with Crippen LogP contribution in [0.1, 0.15) is 50.4 Å². The maximum Gasteiger partial charge on any atom is 0.394 e. The number of fused-ring (bicyclic) bond motifs is 1. The van der Waals surface area contributed by atoms with E-state index in [0.717, 1.165) is 48.5 Å². The van der Waals surface area contributed by atoms with Gasteiger partial charge in [-0.25, -0.2) is 9.97 Å². The van der Waals surface area contributed by atoms with Crippen molar-refractivity contribution in [2.24, 2.45) is 11.8 Å². The van der Waals surface area contributed by atoms with Gasteiger partial charge in [-0.15, -0.1) is 0 Å². The number of hydrogen-bond acceptors (Lipinski definition) is 5. The maximum atomic E-state index is 13.1. The molecule has 1 saturated heterocycles. The van der Waals surface area contributed by atoms with Crippen molar-refractivity contribution >= 4 is 17.1 Å². The third-order valence-electron chi connectivity index (χ3n) is 7.38. The van der Waals surface area contributed by atoms with Gasteiger partial charge in [0.05, 0.1) is 6.54 Å². The molecular weight excluding hydrogens is 488 g/mol. The summed E-state index contributed by atoms with van der Waals surface area (Å²) in [5.41, 5.74) is 3.68. The van der Waals surface area contributed by atoms with Gasteiger partial charge in [0.2, 0.25) is 5.91 Å². The summed E-state index contributed by atoms with van der Waals surface area (Å²) >= 11 is 0. The van der Waals surface area contributed by atoms with E-state index in [-0.39, 0.29) is 11.7 Å². The molecule has 2 fully saturated rings. The fourth-order valence-corrected chi connectivity index (χ4v) is 5.09. The number of amides is 1. The van der Waals surface area contributed by atoms with E-state index in [1.54, 1.807) is 18.3 Å². The van der Waals surface area contributed by atoms with Crippen LogP contribution in [0.2, 0.25) is 0 Å². The van der Waals surface area contributed by atoms with E-state index in [9.17, 15) is 13.6 Å². The van der Waals surface area contributed by atoms with E-state index >= 15 is 0 Å². The Morgan fingerprint density at radius 3 is 2.58 bits per heavy atom. The number of allylic oxidation sites excluding steroid dienone is 1. The number of aryl methyl sites for hydroxylation is 1. The van der Waals surface area contributed by atoms with Crippen molar-refractivity contribution in [2.75, 3.05) is 19.6 Å². The largest absolute Gasteiger partial charge is 0.433 e. The molecule has 0 spiro atoms. The van der Waals surface area contributed by atoms with Crippen LogP contribution in [0.15, 0.2) is 54.9 Å². The Bertz CT molecular complexity index is 1270. The van der Waals surface area contributed by atoms with Crippen LogP contribution in [0.4, 0.5) is 8.78 Å². The Morgan fingerprint density at radius 2 is 1.89 bits per heavy atom. The molecule has 1 aliphatic heterocycles. The molecule has 2 aliphatic rings. The van der Waals surface area contributed by atoms with Crippen LogP contribution in [-0.2, 0) is 17.8 Å². The number of rotatable bonds is 11. The van der Waals surface area contributed by atoms with Crippen molar-refractivity contribution in [3.8, 4) is 5.75 Å². The first kappa shape index (κ1) is 26.1. The van der Waals surface area contributed by atoms with Crippen LogP contribution in [-0.4, -0.2) is 51.1 Å². The lowest BCUT2D eigenvalue weighted by Gasteiger charge is -2.35. The fourth-order valence-electron chi connectivity index (χ4n) is 5.09. The first-order valence-corrected chi connectivity index (χ1v) is 13.4. The first-order valence-electron chi connectivity index (χ1n) is 13.4. The van der Waals surface area contributed by atoms with Crippen LogP contribution in [0.25, 0.3) is 11.2 Å². The van der Waals surface area contributed by atoms with Gasteiger partial charge in [-0.1, -0.05) is 18.7 Å². The summed E-state index contributed by atoms with van der Waals surface area (Å²) in [4.78, 5) is 24.3. The van der Waals surface area contributed by atoms with Crippen molar-refractivity contribution in [1.29, 1.82) is 0 Å². The number of aromatic nitrogens is 3. The summed E-state index contributed by atoms with van der Waals surface area (Å²) in [6, 6.07) is 10.3. The van der Waals surface area contributed by atoms with Gasteiger partial charge in [-0.2, -0.15) is 8.78 Å². The molecule has 202 valence electrons. The van der Waals surface area contributed by atoms with Crippen molar-refractivity contribution in [1.82, 2.24) is 24.8 Å². The van der Waals surface area contributed by atoms with Crippen LogP contribution >= 0.6 is 0 Å². The molecule has 1 aromatic carbocycles. The first-order chi connectivity index (χ1) is 18.2. The van der Waals surface area contributed by atoms with Gasteiger partial charge in [0.25, 0.3) is 0 Å². The summed E-state index contributed by atoms with van der Waals surface area (Å²) in [7, 11) is 0. The highest BCUT2D eigenvalue weighted by molar-refractivity contribution is 5.76. The van der Waals surface area contributed by atoms with Crippen molar-refractivity contribution in [2.45, 2.75) is 58.1 Å². The van der Waals surface area contributed by atoms with E-state index in [4.69, 9.17) is 4.98 Å². The summed E-state index contributed by atoms with van der Waals surface area (Å²) in [5.74, 6) is 2.08. The Balaban J connectivity index is 1.16. The predicted molar refractivity (Wildman–Crippen MR) is 142 cm³/mol. The van der Waals surface area contributed by atoms with Crippen molar-refractivity contribution < 1.29 is 18.3 Å². The molecule has 5 rings (SSSR count). The van der Waals surface area contributed by atoms with E-state index in [1.165, 1.54) is 30.7 Å². The number of carbonyl (C=O) groups excluding carboxylic acids is 1. The van der Waals surface area contributed by atoms with E-state index in [1.807, 2.05) is 16.7 Å². The van der Waals surface area contributed by atoms with Crippen LogP contribution in [0.3, 0.4) is 0 Å². The number of alkyl halides is 2. The van der Waals surface area contributed by atoms with Gasteiger partial charge < -0.3 is 19.5 Å². The molecule has 9 heteroatoms. The quantitative estimate of drug-likeness (QED) is 0.376. The predicted octanol–water partition coefficient (Wildman–Crippen LogP) is 5.16. The summed E-state index contributed by atoms with van der Waals surface area (Å²) in [5, 5.41) is 3.12. The lowest BCUT2D eigenvalue weighted by molar-refractivity contribution is -0.158. The zero-order valence-corrected chi connectivity index (χ0v) is 21.8. The van der Waals surface area contributed by atoms with E-state index in [2.05, 4.69) is 26.5 Å². The Kier molecular flexibility index (Phi) is 7.63. The number of pyridine rings is 1. The molecule has 3 aromatic rings. The molecule has 1 amide bonds. The topological polar surface area (TPSA) is 72.3 Å². The van der Waals surface area contributed by atoms with Gasteiger partial charge in [0.1, 0.15) is 17.1 Å². The van der Waals surface area contributed by atoms with Gasteiger partial charge in [-0.3, -0.25) is 4.79 Å². The zero-order chi connectivity index (χ0) is 26.7. The third kappa shape index (κ3) is 6.68. The number of benzene rings is 1. The lowest BCUT2D eigenvalue weighted by atomic mass is 9.96. The molecule has 0 bridgehead atoms. The van der Waals surface area contributed by atoms with E-state index < -0.39 is 6.11 Å². The Hall–Kier alpha value is -3.49. The molecule has 1 N–H and O–H groups in total. The lowest BCUT2D eigenvalue weighted by Crippen LogP contribution is -2.38. The second-order valence-corrected chi connectivity index (χ2v) is 10.5.